The van der Waals surface area contributed by atoms with Crippen molar-refractivity contribution in [3.05, 3.63) is 78.5 Å². The third-order valence-electron chi connectivity index (χ3n) is 5.34. The second kappa shape index (κ2) is 11.0. The molecular weight excluding hydrogens is 472 g/mol. The summed E-state index contributed by atoms with van der Waals surface area (Å²) in [7, 11) is -4.13. The molecule has 1 amide bonds. The quantitative estimate of drug-likeness (QED) is 0.461. The second-order valence-electron chi connectivity index (χ2n) is 7.94. The summed E-state index contributed by atoms with van der Waals surface area (Å²) in [6, 6.07) is 17.3. The van der Waals surface area contributed by atoms with Gasteiger partial charge in [-0.1, -0.05) is 24.6 Å². The summed E-state index contributed by atoms with van der Waals surface area (Å²) in [5.41, 5.74) is -0.0226. The van der Waals surface area contributed by atoms with Crippen molar-refractivity contribution in [2.75, 3.05) is 0 Å². The van der Waals surface area contributed by atoms with Crippen LogP contribution in [0.15, 0.2) is 77.8 Å². The number of amides is 1. The maximum Gasteiger partial charge on any atom is 0.515 e. The Morgan fingerprint density at radius 1 is 0.857 bits per heavy atom. The Morgan fingerprint density at radius 3 is 2.20 bits per heavy atom. The number of pyridine rings is 1. The van der Waals surface area contributed by atoms with Crippen LogP contribution in [-0.2, 0) is 14.8 Å². The van der Waals surface area contributed by atoms with Crippen LogP contribution in [0.2, 0.25) is 0 Å². The van der Waals surface area contributed by atoms with Crippen molar-refractivity contribution in [1.29, 1.82) is 0 Å². The number of para-hydroxylation sites is 1. The van der Waals surface area contributed by atoms with Crippen LogP contribution in [0.5, 0.6) is 17.4 Å². The summed E-state index contributed by atoms with van der Waals surface area (Å²) in [6.45, 7) is 0. The summed E-state index contributed by atoms with van der Waals surface area (Å²) in [5.74, 6) is 0.125. The summed E-state index contributed by atoms with van der Waals surface area (Å²) in [4.78, 5) is 28.2. The maximum atomic E-state index is 12.6. The van der Waals surface area contributed by atoms with Crippen molar-refractivity contribution in [1.82, 2.24) is 9.71 Å². The molecule has 2 aromatic carbocycles. The highest BCUT2D eigenvalue weighted by atomic mass is 32.2. The molecule has 1 aromatic heterocycles. The molecule has 3 aromatic rings. The molecule has 1 aliphatic carbocycles. The van der Waals surface area contributed by atoms with Crippen LogP contribution in [0, 0.1) is 0 Å². The number of benzene rings is 2. The van der Waals surface area contributed by atoms with E-state index >= 15 is 0 Å². The predicted molar refractivity (Wildman–Crippen MR) is 126 cm³/mol. The molecule has 10 heteroatoms. The van der Waals surface area contributed by atoms with Crippen LogP contribution in [0.3, 0.4) is 0 Å². The van der Waals surface area contributed by atoms with Gasteiger partial charge < -0.3 is 14.2 Å². The lowest BCUT2D eigenvalue weighted by molar-refractivity contribution is 0.0407. The third kappa shape index (κ3) is 6.80. The molecule has 9 nitrogen and oxygen atoms in total. The Kier molecular flexibility index (Phi) is 7.61. The van der Waals surface area contributed by atoms with Gasteiger partial charge in [-0.2, -0.15) is 0 Å². The van der Waals surface area contributed by atoms with Gasteiger partial charge in [0.15, 0.2) is 0 Å². The fraction of sp³-hybridized carbons (Fsp3) is 0.240. The van der Waals surface area contributed by atoms with Gasteiger partial charge in [-0.15, -0.1) is 0 Å². The third-order valence-corrected chi connectivity index (χ3v) is 6.69. The number of nitrogens with one attached hydrogen (secondary N) is 1. The van der Waals surface area contributed by atoms with Crippen LogP contribution < -0.4 is 14.2 Å². The highest BCUT2D eigenvalue weighted by Crippen LogP contribution is 2.23. The second-order valence-corrected chi connectivity index (χ2v) is 9.62. The molecule has 182 valence electrons. The van der Waals surface area contributed by atoms with Gasteiger partial charge in [0.05, 0.1) is 10.5 Å². The number of rotatable bonds is 7. The lowest BCUT2D eigenvalue weighted by Crippen LogP contribution is -2.30. The monoisotopic (exact) mass is 496 g/mol. The standard InChI is InChI=1S/C25H24N2O7S/c28-24(18-11-16-23(26-17-18)34-25(29)33-20-9-5-2-6-10-20)27-35(30,31)22-14-12-21(13-15-22)32-19-7-3-1-4-8-19/h1,3-4,7-8,11-17,20H,2,5-6,9-10H2,(H,27,28). The largest absolute Gasteiger partial charge is 0.515 e. The smallest absolute Gasteiger partial charge is 0.457 e. The van der Waals surface area contributed by atoms with E-state index in [2.05, 4.69) is 4.98 Å². The van der Waals surface area contributed by atoms with Crippen molar-refractivity contribution in [3.63, 3.8) is 0 Å². The summed E-state index contributed by atoms with van der Waals surface area (Å²) < 4.78 is 43.2. The van der Waals surface area contributed by atoms with E-state index in [1.165, 1.54) is 36.4 Å². The first-order chi connectivity index (χ1) is 16.9. The molecular formula is C25H24N2O7S. The Hall–Kier alpha value is -3.92. The summed E-state index contributed by atoms with van der Waals surface area (Å²) in [6.07, 6.45) is 4.85. The zero-order valence-electron chi connectivity index (χ0n) is 18.8. The average molecular weight is 497 g/mol. The topological polar surface area (TPSA) is 121 Å². The number of carbonyl (C=O) groups is 2. The summed E-state index contributed by atoms with van der Waals surface area (Å²) in [5, 5.41) is 0. The van der Waals surface area contributed by atoms with Crippen molar-refractivity contribution in [3.8, 4) is 17.4 Å². The fourth-order valence-corrected chi connectivity index (χ4v) is 4.53. The van der Waals surface area contributed by atoms with Crippen molar-refractivity contribution in [2.24, 2.45) is 0 Å². The zero-order valence-corrected chi connectivity index (χ0v) is 19.6. The van der Waals surface area contributed by atoms with Crippen LogP contribution in [0.25, 0.3) is 0 Å². The van der Waals surface area contributed by atoms with Crippen LogP contribution in [0.4, 0.5) is 4.79 Å². The normalized spacial score (nSPS) is 14.1. The molecule has 0 bridgehead atoms. The highest BCUT2D eigenvalue weighted by molar-refractivity contribution is 7.90. The van der Waals surface area contributed by atoms with Crippen molar-refractivity contribution < 1.29 is 32.2 Å². The van der Waals surface area contributed by atoms with Crippen molar-refractivity contribution >= 4 is 22.1 Å². The maximum absolute atomic E-state index is 12.6. The fourth-order valence-electron chi connectivity index (χ4n) is 3.55. The molecule has 0 unspecified atom stereocenters. The van der Waals surface area contributed by atoms with Crippen LogP contribution in [0.1, 0.15) is 42.5 Å². The lowest BCUT2D eigenvalue weighted by atomic mass is 9.98. The first-order valence-electron chi connectivity index (χ1n) is 11.1. The minimum absolute atomic E-state index is 0.0226. The van der Waals surface area contributed by atoms with Gasteiger partial charge >= 0.3 is 6.16 Å². The van der Waals surface area contributed by atoms with Crippen molar-refractivity contribution in [2.45, 2.75) is 43.1 Å². The number of sulfonamides is 1. The van der Waals surface area contributed by atoms with E-state index in [0.29, 0.717) is 11.5 Å². The van der Waals surface area contributed by atoms with Gasteiger partial charge in [0.2, 0.25) is 5.88 Å². The molecule has 0 aliphatic heterocycles. The van der Waals surface area contributed by atoms with E-state index in [4.69, 9.17) is 14.2 Å². The Bertz CT molecular complexity index is 1260. The molecule has 1 N–H and O–H groups in total. The van der Waals surface area contributed by atoms with E-state index in [9.17, 15) is 18.0 Å². The van der Waals surface area contributed by atoms with Gasteiger partial charge in [0.1, 0.15) is 17.6 Å². The number of aromatic nitrogens is 1. The Morgan fingerprint density at radius 2 is 1.54 bits per heavy atom. The lowest BCUT2D eigenvalue weighted by Gasteiger charge is -2.20. The van der Waals surface area contributed by atoms with Crippen LogP contribution >= 0.6 is 0 Å². The van der Waals surface area contributed by atoms with Gasteiger partial charge in [-0.3, -0.25) is 4.79 Å². The number of carbonyl (C=O) groups excluding carboxylic acids is 2. The minimum Gasteiger partial charge on any atom is -0.457 e. The van der Waals surface area contributed by atoms with E-state index in [0.717, 1.165) is 38.3 Å². The zero-order chi connectivity index (χ0) is 24.7. The van der Waals surface area contributed by atoms with E-state index in [1.807, 2.05) is 22.9 Å². The van der Waals surface area contributed by atoms with E-state index in [1.54, 1.807) is 12.1 Å². The SMILES string of the molecule is O=C(Oc1ccc(C(=O)NS(=O)(=O)c2ccc(Oc3ccccc3)cc2)cn1)OC1CCCCC1. The van der Waals surface area contributed by atoms with Gasteiger partial charge in [-0.05, 0) is 68.1 Å². The summed E-state index contributed by atoms with van der Waals surface area (Å²) >= 11 is 0. The van der Waals surface area contributed by atoms with Gasteiger partial charge in [0.25, 0.3) is 15.9 Å². The number of ether oxygens (including phenoxy) is 3. The first-order valence-corrected chi connectivity index (χ1v) is 12.6. The molecule has 1 fully saturated rings. The molecule has 4 rings (SSSR count). The van der Waals surface area contributed by atoms with E-state index in [-0.39, 0.29) is 22.4 Å². The molecule has 1 heterocycles. The van der Waals surface area contributed by atoms with Gasteiger partial charge in [-0.25, -0.2) is 22.9 Å². The Balaban J connectivity index is 1.33. The molecule has 0 saturated heterocycles. The molecule has 35 heavy (non-hydrogen) atoms. The minimum atomic E-state index is -4.13. The highest BCUT2D eigenvalue weighted by Gasteiger charge is 2.21. The first kappa shape index (κ1) is 24.2. The number of hydrogen-bond acceptors (Lipinski definition) is 8. The Labute approximate surface area is 203 Å². The number of hydrogen-bond donors (Lipinski definition) is 1. The molecule has 1 aliphatic rings. The molecule has 0 radical (unpaired) electrons. The molecule has 0 spiro atoms. The van der Waals surface area contributed by atoms with Gasteiger partial charge in [0, 0.05) is 12.3 Å². The van der Waals surface area contributed by atoms with Crippen LogP contribution in [-0.4, -0.2) is 31.6 Å². The number of nitrogens with zero attached hydrogens (tertiary/aromatic N) is 1. The predicted octanol–water partition coefficient (Wildman–Crippen LogP) is 4.84. The molecule has 1 saturated carbocycles. The molecule has 0 atom stereocenters. The van der Waals surface area contributed by atoms with E-state index < -0.39 is 22.1 Å². The average Bonchev–Trinajstić information content (AvgIpc) is 2.86.